The minimum absolute atomic E-state index is 0.00376. The van der Waals surface area contributed by atoms with Crippen LogP contribution in [0.1, 0.15) is 24.0 Å². The zero-order chi connectivity index (χ0) is 38.7. The summed E-state index contributed by atoms with van der Waals surface area (Å²) in [7, 11) is 2.82. The van der Waals surface area contributed by atoms with Crippen LogP contribution in [-0.2, 0) is 19.1 Å². The van der Waals surface area contributed by atoms with Crippen molar-refractivity contribution in [1.29, 1.82) is 0 Å². The molecule has 2 saturated heterocycles. The molecule has 4 heterocycles. The van der Waals surface area contributed by atoms with Crippen molar-refractivity contribution in [2.45, 2.75) is 24.9 Å². The van der Waals surface area contributed by atoms with E-state index in [1.165, 1.54) is 14.2 Å². The highest BCUT2D eigenvalue weighted by atomic mass is 35.5. The van der Waals surface area contributed by atoms with Gasteiger partial charge in [-0.3, -0.25) is 9.59 Å². The van der Waals surface area contributed by atoms with Gasteiger partial charge in [0.2, 0.25) is 0 Å². The highest BCUT2D eigenvalue weighted by molar-refractivity contribution is 6.70. The first kappa shape index (κ1) is 40.0. The number of methoxy groups -OCH3 is 2. The van der Waals surface area contributed by atoms with Gasteiger partial charge in [-0.1, -0.05) is 59.1 Å². The van der Waals surface area contributed by atoms with Crippen molar-refractivity contribution in [1.82, 2.24) is 20.9 Å². The van der Waals surface area contributed by atoms with Gasteiger partial charge in [-0.2, -0.15) is 0 Å². The Hall–Kier alpha value is -4.69. The molecular formula is C40H41Cl3N6O6. The molecule has 4 aromatic carbocycles. The highest BCUT2D eigenvalue weighted by Gasteiger charge is 2.28. The zero-order valence-corrected chi connectivity index (χ0v) is 32.6. The number of nitrogens with zero attached hydrogens (tertiary/aromatic N) is 3. The van der Waals surface area contributed by atoms with Crippen molar-refractivity contribution in [3.05, 3.63) is 106 Å². The molecule has 0 bridgehead atoms. The maximum atomic E-state index is 11.7. The lowest BCUT2D eigenvalue weighted by Gasteiger charge is -2.35. The Morgan fingerprint density at radius 2 is 1.27 bits per heavy atom. The quantitative estimate of drug-likeness (QED) is 0.181. The number of nitrogens with one attached hydrogen (secondary N) is 3. The summed E-state index contributed by atoms with van der Waals surface area (Å²) in [6.45, 7) is 4.96. The van der Waals surface area contributed by atoms with Gasteiger partial charge < -0.3 is 39.8 Å². The Morgan fingerprint density at radius 3 is 1.89 bits per heavy atom. The molecule has 0 aliphatic carbocycles. The van der Waals surface area contributed by atoms with E-state index in [1.54, 1.807) is 30.3 Å². The van der Waals surface area contributed by atoms with E-state index in [2.05, 4.69) is 30.6 Å². The standard InChI is InChI=1S/C20H20ClN3O3.C13H7Cl2NO.C7H14N2O2/c1-26-19(25)11-14-12-24(9-8-22-14)20-15-4-2-3-5-17(15)27-18-7-6-13(21)10-16(18)23-20;14-8-5-6-12-10(7-8)16-13(15)9-3-1-2-4-11(9)17-12;1-11-7(10)4-6-5-8-2-3-9-6/h2-7,10,14,22H,8-9,11-12H2,1H3;1-7H;6,8-9H,2-5H2,1H3. The second-order valence-electron chi connectivity index (χ2n) is 12.8. The van der Waals surface area contributed by atoms with Gasteiger partial charge in [0.15, 0.2) is 11.5 Å². The molecule has 3 N–H and O–H groups in total. The third-order valence-corrected chi connectivity index (χ3v) is 9.68. The Kier molecular flexibility index (Phi) is 14.0. The van der Waals surface area contributed by atoms with Crippen LogP contribution in [0.25, 0.3) is 0 Å². The molecule has 8 rings (SSSR count). The number of carbonyl (C=O) groups is 2. The number of halogens is 3. The van der Waals surface area contributed by atoms with Crippen LogP contribution < -0.4 is 25.4 Å². The number of carbonyl (C=O) groups excluding carboxylic acids is 2. The molecule has 0 aromatic heterocycles. The van der Waals surface area contributed by atoms with Crippen molar-refractivity contribution in [2.24, 2.45) is 9.98 Å². The van der Waals surface area contributed by atoms with Crippen molar-refractivity contribution < 1.29 is 28.5 Å². The van der Waals surface area contributed by atoms with Crippen LogP contribution in [0.4, 0.5) is 11.4 Å². The molecule has 12 nitrogen and oxygen atoms in total. The predicted octanol–water partition coefficient (Wildman–Crippen LogP) is 7.23. The summed E-state index contributed by atoms with van der Waals surface area (Å²) in [5.41, 5.74) is 3.03. The average molecular weight is 808 g/mol. The molecule has 0 radical (unpaired) electrons. The van der Waals surface area contributed by atoms with Gasteiger partial charge in [-0.05, 0) is 60.7 Å². The summed E-state index contributed by atoms with van der Waals surface area (Å²) in [6, 6.07) is 26.3. The summed E-state index contributed by atoms with van der Waals surface area (Å²) in [5, 5.41) is 11.4. The summed E-state index contributed by atoms with van der Waals surface area (Å²) in [5.74, 6) is 3.22. The number of hydrogen-bond donors (Lipinski definition) is 3. The van der Waals surface area contributed by atoms with Crippen LogP contribution in [0.3, 0.4) is 0 Å². The van der Waals surface area contributed by atoms with E-state index in [9.17, 15) is 9.59 Å². The SMILES string of the molecule is COC(=O)CC1CN(C2=Nc3cc(Cl)ccc3Oc3ccccc32)CCN1.COC(=O)CC1CNCCN1.ClC1=Nc2cc(Cl)ccc2Oc2ccccc21. The number of ether oxygens (including phenoxy) is 4. The molecule has 4 aliphatic rings. The van der Waals surface area contributed by atoms with Gasteiger partial charge in [0.25, 0.3) is 0 Å². The molecule has 2 fully saturated rings. The molecule has 2 unspecified atom stereocenters. The molecule has 15 heteroatoms. The van der Waals surface area contributed by atoms with Crippen molar-refractivity contribution in [2.75, 3.05) is 53.5 Å². The number of benzene rings is 4. The first-order valence-corrected chi connectivity index (χ1v) is 18.9. The molecule has 0 spiro atoms. The van der Waals surface area contributed by atoms with Gasteiger partial charge in [-0.15, -0.1) is 0 Å². The fourth-order valence-electron chi connectivity index (χ4n) is 6.19. The van der Waals surface area contributed by atoms with Crippen LogP contribution in [0.5, 0.6) is 23.0 Å². The van der Waals surface area contributed by atoms with Crippen molar-refractivity contribution in [3.8, 4) is 23.0 Å². The molecule has 0 amide bonds. The van der Waals surface area contributed by atoms with E-state index in [0.29, 0.717) is 63.2 Å². The molecule has 0 saturated carbocycles. The fraction of sp³-hybridized carbons (Fsp3) is 0.300. The maximum absolute atomic E-state index is 11.7. The number of para-hydroxylation sites is 2. The number of piperazine rings is 2. The Morgan fingerprint density at radius 1 is 0.709 bits per heavy atom. The second-order valence-corrected chi connectivity index (χ2v) is 14.0. The third kappa shape index (κ3) is 10.8. The minimum Gasteiger partial charge on any atom is -0.469 e. The monoisotopic (exact) mass is 806 g/mol. The lowest BCUT2D eigenvalue weighted by Crippen LogP contribution is -2.53. The predicted molar refractivity (Wildman–Crippen MR) is 215 cm³/mol. The number of hydrogen-bond acceptors (Lipinski definition) is 12. The van der Waals surface area contributed by atoms with Gasteiger partial charge >= 0.3 is 11.9 Å². The first-order chi connectivity index (χ1) is 26.7. The average Bonchev–Trinajstić information content (AvgIpc) is 3.45. The lowest BCUT2D eigenvalue weighted by molar-refractivity contribution is -0.142. The molecule has 288 valence electrons. The lowest BCUT2D eigenvalue weighted by atomic mass is 10.1. The van der Waals surface area contributed by atoms with Crippen molar-refractivity contribution in [3.63, 3.8) is 0 Å². The Balaban J connectivity index is 0.000000156. The van der Waals surface area contributed by atoms with Gasteiger partial charge in [-0.25, -0.2) is 9.98 Å². The van der Waals surface area contributed by atoms with E-state index >= 15 is 0 Å². The number of esters is 2. The van der Waals surface area contributed by atoms with E-state index in [0.717, 1.165) is 55.4 Å². The topological polar surface area (TPSA) is 135 Å². The summed E-state index contributed by atoms with van der Waals surface area (Å²) < 4.78 is 21.2. The number of fused-ring (bicyclic) bond motifs is 4. The minimum atomic E-state index is -0.224. The molecular weight excluding hydrogens is 767 g/mol. The third-order valence-electron chi connectivity index (χ3n) is 8.93. The van der Waals surface area contributed by atoms with E-state index in [1.807, 2.05) is 54.6 Å². The first-order valence-electron chi connectivity index (χ1n) is 17.7. The Labute approximate surface area is 334 Å². The van der Waals surface area contributed by atoms with Crippen LogP contribution in [0.15, 0.2) is 94.9 Å². The van der Waals surface area contributed by atoms with E-state index in [-0.39, 0.29) is 24.0 Å². The molecule has 2 atom stereocenters. The van der Waals surface area contributed by atoms with E-state index in [4.69, 9.17) is 54.0 Å². The van der Waals surface area contributed by atoms with Crippen molar-refractivity contribution >= 4 is 69.1 Å². The molecule has 4 aromatic rings. The number of amidine groups is 1. The normalized spacial score (nSPS) is 18.0. The molecule has 4 aliphatic heterocycles. The van der Waals surface area contributed by atoms with Crippen LogP contribution in [-0.4, -0.2) is 93.4 Å². The summed E-state index contributed by atoms with van der Waals surface area (Å²) in [4.78, 5) is 33.8. The van der Waals surface area contributed by atoms with Crippen LogP contribution in [0, 0.1) is 0 Å². The van der Waals surface area contributed by atoms with Gasteiger partial charge in [0.05, 0.1) is 38.2 Å². The largest absolute Gasteiger partial charge is 0.469 e. The van der Waals surface area contributed by atoms with Crippen LogP contribution in [0.2, 0.25) is 10.0 Å². The zero-order valence-electron chi connectivity index (χ0n) is 30.3. The smallest absolute Gasteiger partial charge is 0.307 e. The fourth-order valence-corrected chi connectivity index (χ4v) is 6.77. The number of rotatable bonds is 4. The maximum Gasteiger partial charge on any atom is 0.307 e. The van der Waals surface area contributed by atoms with E-state index < -0.39 is 0 Å². The van der Waals surface area contributed by atoms with Gasteiger partial charge in [0.1, 0.15) is 33.9 Å². The summed E-state index contributed by atoms with van der Waals surface area (Å²) >= 11 is 18.3. The molecule has 55 heavy (non-hydrogen) atoms. The van der Waals surface area contributed by atoms with Gasteiger partial charge in [0, 0.05) is 61.4 Å². The second kappa shape index (κ2) is 19.3. The van der Waals surface area contributed by atoms with Crippen LogP contribution >= 0.6 is 34.8 Å². The highest BCUT2D eigenvalue weighted by Crippen LogP contribution is 2.41. The number of aliphatic imine (C=N–C) groups is 2. The Bertz CT molecular complexity index is 2060. The summed E-state index contributed by atoms with van der Waals surface area (Å²) in [6.07, 6.45) is 0.782.